The molecule has 0 unspecified atom stereocenters. The Morgan fingerprint density at radius 2 is 2.08 bits per heavy atom. The highest BCUT2D eigenvalue weighted by Gasteiger charge is 2.09. The smallest absolute Gasteiger partial charge is 0.272 e. The highest BCUT2D eigenvalue weighted by Crippen LogP contribution is 2.21. The molecule has 3 rings (SSSR count). The van der Waals surface area contributed by atoms with Gasteiger partial charge in [-0.3, -0.25) is 4.79 Å². The summed E-state index contributed by atoms with van der Waals surface area (Å²) in [4.78, 5) is 12.0. The molecule has 1 amide bonds. The number of hydrogen-bond donors (Lipinski definition) is 2. The van der Waals surface area contributed by atoms with Crippen molar-refractivity contribution in [2.75, 3.05) is 5.32 Å². The molecular weight excluding hydrogens is 335 g/mol. The number of furan rings is 1. The third kappa shape index (κ3) is 3.88. The molecule has 0 spiro atoms. The van der Waals surface area contributed by atoms with Crippen molar-refractivity contribution < 1.29 is 13.6 Å². The van der Waals surface area contributed by atoms with Gasteiger partial charge in [0.2, 0.25) is 0 Å². The van der Waals surface area contributed by atoms with Crippen LogP contribution in [0.2, 0.25) is 5.02 Å². The molecule has 0 aliphatic heterocycles. The number of aromatic nitrogens is 2. The predicted octanol–water partition coefficient (Wildman–Crippen LogP) is 3.54. The van der Waals surface area contributed by atoms with E-state index in [0.29, 0.717) is 17.3 Å². The molecule has 24 heavy (non-hydrogen) atoms. The van der Waals surface area contributed by atoms with Crippen molar-refractivity contribution in [3.63, 3.8) is 0 Å². The Bertz CT molecular complexity index is 838. The summed E-state index contributed by atoms with van der Waals surface area (Å²) in [6.45, 7) is 0.265. The molecule has 122 valence electrons. The van der Waals surface area contributed by atoms with Crippen LogP contribution in [0.5, 0.6) is 0 Å². The van der Waals surface area contributed by atoms with Crippen molar-refractivity contribution in [3.05, 3.63) is 71.0 Å². The van der Waals surface area contributed by atoms with Gasteiger partial charge in [-0.2, -0.15) is 0 Å². The lowest BCUT2D eigenvalue weighted by atomic mass is 10.3. The van der Waals surface area contributed by atoms with Crippen LogP contribution < -0.4 is 10.6 Å². The first kappa shape index (κ1) is 15.9. The maximum Gasteiger partial charge on any atom is 0.272 e. The summed E-state index contributed by atoms with van der Waals surface area (Å²) in [6.07, 6.45) is 1.53. The second-order valence-corrected chi connectivity index (χ2v) is 5.23. The number of hydrogen-bond acceptors (Lipinski definition) is 5. The van der Waals surface area contributed by atoms with Crippen LogP contribution in [0.15, 0.2) is 53.1 Å². The van der Waals surface area contributed by atoms with E-state index in [9.17, 15) is 9.18 Å². The summed E-state index contributed by atoms with van der Waals surface area (Å²) >= 11 is 5.71. The fraction of sp³-hybridized carbons (Fsp3) is 0.0625. The zero-order valence-electron chi connectivity index (χ0n) is 12.3. The third-order valence-electron chi connectivity index (χ3n) is 3.09. The first-order chi connectivity index (χ1) is 11.6. The molecule has 6 nitrogen and oxygen atoms in total. The van der Waals surface area contributed by atoms with Gasteiger partial charge in [-0.15, -0.1) is 10.2 Å². The van der Waals surface area contributed by atoms with Crippen LogP contribution in [0.3, 0.4) is 0 Å². The topological polar surface area (TPSA) is 80.0 Å². The molecule has 0 radical (unpaired) electrons. The van der Waals surface area contributed by atoms with E-state index in [4.69, 9.17) is 16.0 Å². The van der Waals surface area contributed by atoms with E-state index < -0.39 is 5.82 Å². The lowest BCUT2D eigenvalue weighted by Crippen LogP contribution is -2.23. The SMILES string of the molecule is O=C(NCc1ccco1)c1ccc(Nc2ccc(F)c(Cl)c2)nn1. The summed E-state index contributed by atoms with van der Waals surface area (Å²) < 4.78 is 18.2. The molecule has 0 aliphatic rings. The number of nitrogens with one attached hydrogen (secondary N) is 2. The molecule has 1 aromatic carbocycles. The van der Waals surface area contributed by atoms with E-state index in [1.807, 2.05) is 0 Å². The number of carbonyl (C=O) groups is 1. The first-order valence-corrected chi connectivity index (χ1v) is 7.36. The minimum Gasteiger partial charge on any atom is -0.467 e. The molecule has 0 bridgehead atoms. The van der Waals surface area contributed by atoms with Crippen molar-refractivity contribution in [3.8, 4) is 0 Å². The molecule has 2 N–H and O–H groups in total. The molecule has 2 heterocycles. The number of amides is 1. The van der Waals surface area contributed by atoms with Gasteiger partial charge in [-0.25, -0.2) is 4.39 Å². The fourth-order valence-electron chi connectivity index (χ4n) is 1.91. The maximum absolute atomic E-state index is 13.1. The summed E-state index contributed by atoms with van der Waals surface area (Å²) in [6, 6.07) is 10.8. The van der Waals surface area contributed by atoms with E-state index >= 15 is 0 Å². The molecule has 0 atom stereocenters. The Hall–Kier alpha value is -2.93. The minimum atomic E-state index is -0.503. The van der Waals surface area contributed by atoms with Gasteiger partial charge in [0, 0.05) is 5.69 Å². The van der Waals surface area contributed by atoms with Crippen molar-refractivity contribution >= 4 is 29.0 Å². The van der Waals surface area contributed by atoms with Crippen LogP contribution in [-0.2, 0) is 6.54 Å². The van der Waals surface area contributed by atoms with Gasteiger partial charge in [0.15, 0.2) is 11.5 Å². The van der Waals surface area contributed by atoms with Gasteiger partial charge in [0.1, 0.15) is 11.6 Å². The van der Waals surface area contributed by atoms with Gasteiger partial charge in [-0.05, 0) is 42.5 Å². The van der Waals surface area contributed by atoms with Gasteiger partial charge in [0.05, 0.1) is 17.8 Å². The summed E-state index contributed by atoms with van der Waals surface area (Å²) in [7, 11) is 0. The summed E-state index contributed by atoms with van der Waals surface area (Å²) in [5, 5.41) is 13.4. The largest absolute Gasteiger partial charge is 0.467 e. The van der Waals surface area contributed by atoms with Crippen molar-refractivity contribution in [1.29, 1.82) is 0 Å². The van der Waals surface area contributed by atoms with E-state index in [1.54, 1.807) is 18.2 Å². The summed E-state index contributed by atoms with van der Waals surface area (Å²) in [5.74, 6) is 0.176. The quantitative estimate of drug-likeness (QED) is 0.738. The molecular formula is C16H12ClFN4O2. The molecule has 0 saturated carbocycles. The number of anilines is 2. The monoisotopic (exact) mass is 346 g/mol. The Morgan fingerprint density at radius 1 is 1.21 bits per heavy atom. The highest BCUT2D eigenvalue weighted by atomic mass is 35.5. The van der Waals surface area contributed by atoms with Crippen LogP contribution in [0, 0.1) is 5.82 Å². The highest BCUT2D eigenvalue weighted by molar-refractivity contribution is 6.31. The standard InChI is InChI=1S/C16H12ClFN4O2/c17-12-8-10(3-4-13(12)18)20-15-6-5-14(21-22-15)16(23)19-9-11-2-1-7-24-11/h1-8H,9H2,(H,19,23)(H,20,22). The Morgan fingerprint density at radius 3 is 2.75 bits per heavy atom. The number of carbonyl (C=O) groups excluding carboxylic acids is 1. The number of rotatable bonds is 5. The Labute approximate surface area is 141 Å². The average molecular weight is 347 g/mol. The van der Waals surface area contributed by atoms with Gasteiger partial charge >= 0.3 is 0 Å². The second kappa shape index (κ2) is 7.10. The normalized spacial score (nSPS) is 10.4. The van der Waals surface area contributed by atoms with E-state index in [0.717, 1.165) is 0 Å². The van der Waals surface area contributed by atoms with Crippen LogP contribution in [0.25, 0.3) is 0 Å². The van der Waals surface area contributed by atoms with Gasteiger partial charge < -0.3 is 15.1 Å². The van der Waals surface area contributed by atoms with E-state index in [2.05, 4.69) is 20.8 Å². The van der Waals surface area contributed by atoms with Crippen molar-refractivity contribution in [2.45, 2.75) is 6.54 Å². The predicted molar refractivity (Wildman–Crippen MR) is 86.6 cm³/mol. The Kier molecular flexibility index (Phi) is 4.72. The molecule has 0 saturated heterocycles. The molecule has 8 heteroatoms. The molecule has 2 aromatic heterocycles. The average Bonchev–Trinajstić information content (AvgIpc) is 3.10. The Balaban J connectivity index is 1.62. The lowest BCUT2D eigenvalue weighted by molar-refractivity contribution is 0.0942. The van der Waals surface area contributed by atoms with E-state index in [-0.39, 0.29) is 23.2 Å². The zero-order valence-corrected chi connectivity index (χ0v) is 13.0. The van der Waals surface area contributed by atoms with Crippen LogP contribution >= 0.6 is 11.6 Å². The van der Waals surface area contributed by atoms with Gasteiger partial charge in [0.25, 0.3) is 5.91 Å². The zero-order chi connectivity index (χ0) is 16.9. The third-order valence-corrected chi connectivity index (χ3v) is 3.38. The molecule has 0 fully saturated rings. The minimum absolute atomic E-state index is 0.00174. The van der Waals surface area contributed by atoms with Gasteiger partial charge in [-0.1, -0.05) is 11.6 Å². The first-order valence-electron chi connectivity index (χ1n) is 6.98. The lowest BCUT2D eigenvalue weighted by Gasteiger charge is -2.06. The van der Waals surface area contributed by atoms with Crippen LogP contribution in [-0.4, -0.2) is 16.1 Å². The number of benzene rings is 1. The number of nitrogens with zero attached hydrogens (tertiary/aromatic N) is 2. The summed E-state index contributed by atoms with van der Waals surface area (Å²) in [5.41, 5.74) is 0.731. The van der Waals surface area contributed by atoms with Crippen molar-refractivity contribution in [1.82, 2.24) is 15.5 Å². The molecule has 0 aliphatic carbocycles. The molecule has 3 aromatic rings. The maximum atomic E-state index is 13.1. The second-order valence-electron chi connectivity index (χ2n) is 4.82. The van der Waals surface area contributed by atoms with Crippen molar-refractivity contribution in [2.24, 2.45) is 0 Å². The van der Waals surface area contributed by atoms with E-state index in [1.165, 1.54) is 30.5 Å². The van der Waals surface area contributed by atoms with Crippen LogP contribution in [0.1, 0.15) is 16.2 Å². The number of halogens is 2. The van der Waals surface area contributed by atoms with Crippen LogP contribution in [0.4, 0.5) is 15.9 Å². The fourth-order valence-corrected chi connectivity index (χ4v) is 2.09.